The summed E-state index contributed by atoms with van der Waals surface area (Å²) >= 11 is 6.00. The summed E-state index contributed by atoms with van der Waals surface area (Å²) in [5, 5.41) is 3.50. The average molecular weight is 400 g/mol. The lowest BCUT2D eigenvalue weighted by Crippen LogP contribution is -2.39. The molecule has 0 bridgehead atoms. The van der Waals surface area contributed by atoms with Gasteiger partial charge in [0.25, 0.3) is 5.91 Å². The third-order valence-electron chi connectivity index (χ3n) is 4.97. The van der Waals surface area contributed by atoms with Gasteiger partial charge in [-0.05, 0) is 48.2 Å². The Hall–Kier alpha value is -2.53. The zero-order chi connectivity index (χ0) is 20.1. The van der Waals surface area contributed by atoms with Crippen LogP contribution in [0, 0.1) is 0 Å². The molecule has 1 aliphatic rings. The van der Waals surface area contributed by atoms with Crippen LogP contribution in [0.3, 0.4) is 0 Å². The van der Waals surface area contributed by atoms with Gasteiger partial charge in [-0.1, -0.05) is 43.6 Å². The van der Waals surface area contributed by atoms with Gasteiger partial charge in [0.05, 0.1) is 0 Å². The lowest BCUT2D eigenvalue weighted by Gasteiger charge is -2.22. The number of carbonyl (C=O) groups is 2. The third-order valence-corrected chi connectivity index (χ3v) is 5.21. The predicted molar refractivity (Wildman–Crippen MR) is 113 cm³/mol. The van der Waals surface area contributed by atoms with Crippen LogP contribution in [0.25, 0.3) is 0 Å². The van der Waals surface area contributed by atoms with Crippen molar-refractivity contribution in [3.8, 4) is 0 Å². The van der Waals surface area contributed by atoms with Crippen LogP contribution < -0.4 is 5.32 Å². The molecule has 28 heavy (non-hydrogen) atoms. The highest BCUT2D eigenvalue weighted by Gasteiger charge is 2.23. The van der Waals surface area contributed by atoms with Crippen molar-refractivity contribution in [1.82, 2.24) is 9.80 Å². The van der Waals surface area contributed by atoms with Crippen molar-refractivity contribution in [2.45, 2.75) is 26.2 Å². The van der Waals surface area contributed by atoms with Crippen LogP contribution in [-0.2, 0) is 0 Å². The number of hydrogen-bond acceptors (Lipinski definition) is 2. The number of rotatable bonds is 3. The monoisotopic (exact) mass is 399 g/mol. The van der Waals surface area contributed by atoms with E-state index in [1.54, 1.807) is 34.1 Å². The quantitative estimate of drug-likeness (QED) is 0.802. The molecule has 0 aromatic heterocycles. The standard InChI is InChI=1S/C22H26ClN3O2/c1-16(2)17-7-9-20(10-8-17)24-22(28)26-12-4-11-25(13-14-26)21(27)18-5-3-6-19(23)15-18/h3,5-10,15-16H,4,11-14H2,1-2H3,(H,24,28). The second-order valence-electron chi connectivity index (χ2n) is 7.35. The van der Waals surface area contributed by atoms with E-state index in [1.807, 2.05) is 24.3 Å². The van der Waals surface area contributed by atoms with Crippen molar-refractivity contribution in [3.63, 3.8) is 0 Å². The zero-order valence-electron chi connectivity index (χ0n) is 16.3. The molecule has 5 nitrogen and oxygen atoms in total. The van der Waals surface area contributed by atoms with E-state index < -0.39 is 0 Å². The topological polar surface area (TPSA) is 52.7 Å². The minimum absolute atomic E-state index is 0.0472. The van der Waals surface area contributed by atoms with Gasteiger partial charge in [-0.3, -0.25) is 4.79 Å². The molecule has 1 N–H and O–H groups in total. The Morgan fingerprint density at radius 1 is 0.964 bits per heavy atom. The van der Waals surface area contributed by atoms with Gasteiger partial charge in [0.1, 0.15) is 0 Å². The maximum absolute atomic E-state index is 12.7. The molecule has 1 fully saturated rings. The SMILES string of the molecule is CC(C)c1ccc(NC(=O)N2CCCN(C(=O)c3cccc(Cl)c3)CC2)cc1. The average Bonchev–Trinajstić information content (AvgIpc) is 2.94. The Kier molecular flexibility index (Phi) is 6.57. The second-order valence-corrected chi connectivity index (χ2v) is 7.79. The van der Waals surface area contributed by atoms with Crippen LogP contribution >= 0.6 is 11.6 Å². The molecule has 2 aromatic carbocycles. The second kappa shape index (κ2) is 9.11. The molecular weight excluding hydrogens is 374 g/mol. The van der Waals surface area contributed by atoms with E-state index in [-0.39, 0.29) is 11.9 Å². The summed E-state index contributed by atoms with van der Waals surface area (Å²) in [6.07, 6.45) is 0.742. The molecule has 148 valence electrons. The van der Waals surface area contributed by atoms with Crippen LogP contribution in [0.4, 0.5) is 10.5 Å². The Labute approximate surface area is 171 Å². The van der Waals surface area contributed by atoms with E-state index in [2.05, 4.69) is 19.2 Å². The summed E-state index contributed by atoms with van der Waals surface area (Å²) in [4.78, 5) is 28.9. The van der Waals surface area contributed by atoms with E-state index in [9.17, 15) is 9.59 Å². The smallest absolute Gasteiger partial charge is 0.321 e. The van der Waals surface area contributed by atoms with Crippen molar-refractivity contribution in [3.05, 3.63) is 64.7 Å². The minimum atomic E-state index is -0.130. The van der Waals surface area contributed by atoms with Crippen molar-refractivity contribution >= 4 is 29.2 Å². The van der Waals surface area contributed by atoms with Crippen LogP contribution in [0.5, 0.6) is 0 Å². The van der Waals surface area contributed by atoms with E-state index in [0.717, 1.165) is 12.1 Å². The molecule has 0 atom stereocenters. The summed E-state index contributed by atoms with van der Waals surface area (Å²) in [6, 6.07) is 14.8. The van der Waals surface area contributed by atoms with E-state index >= 15 is 0 Å². The van der Waals surface area contributed by atoms with Crippen LogP contribution in [-0.4, -0.2) is 47.9 Å². The number of urea groups is 1. The Balaban J connectivity index is 1.58. The van der Waals surface area contributed by atoms with Gasteiger partial charge in [-0.25, -0.2) is 4.79 Å². The highest BCUT2D eigenvalue weighted by atomic mass is 35.5. The fourth-order valence-electron chi connectivity index (χ4n) is 3.28. The normalized spacial score (nSPS) is 14.7. The number of nitrogens with one attached hydrogen (secondary N) is 1. The van der Waals surface area contributed by atoms with Gasteiger partial charge >= 0.3 is 6.03 Å². The highest BCUT2D eigenvalue weighted by molar-refractivity contribution is 6.30. The van der Waals surface area contributed by atoms with Gasteiger partial charge < -0.3 is 15.1 Å². The summed E-state index contributed by atoms with van der Waals surface area (Å²) in [5.41, 5.74) is 2.60. The maximum atomic E-state index is 12.7. The highest BCUT2D eigenvalue weighted by Crippen LogP contribution is 2.18. The summed E-state index contributed by atoms with van der Waals surface area (Å²) < 4.78 is 0. The number of carbonyl (C=O) groups excluding carboxylic acids is 2. The molecule has 0 saturated carbocycles. The van der Waals surface area contributed by atoms with Gasteiger partial charge in [0, 0.05) is 42.5 Å². The first-order chi connectivity index (χ1) is 13.4. The van der Waals surface area contributed by atoms with Crippen molar-refractivity contribution < 1.29 is 9.59 Å². The Bertz CT molecular complexity index is 836. The molecule has 1 aliphatic heterocycles. The van der Waals surface area contributed by atoms with Crippen molar-refractivity contribution in [2.24, 2.45) is 0 Å². The molecule has 0 aliphatic carbocycles. The summed E-state index contributed by atoms with van der Waals surface area (Å²) in [5.74, 6) is 0.410. The van der Waals surface area contributed by atoms with Crippen LogP contribution in [0.2, 0.25) is 5.02 Å². The molecule has 6 heteroatoms. The first-order valence-corrected chi connectivity index (χ1v) is 10.0. The first-order valence-electron chi connectivity index (χ1n) is 9.65. The van der Waals surface area contributed by atoms with Gasteiger partial charge in [0.2, 0.25) is 0 Å². The predicted octanol–water partition coefficient (Wildman–Crippen LogP) is 4.84. The molecule has 3 amide bonds. The molecule has 0 spiro atoms. The van der Waals surface area contributed by atoms with E-state index in [1.165, 1.54) is 5.56 Å². The molecular formula is C22H26ClN3O2. The lowest BCUT2D eigenvalue weighted by atomic mass is 10.0. The summed E-state index contributed by atoms with van der Waals surface area (Å²) in [6.45, 7) is 6.53. The number of nitrogens with zero attached hydrogens (tertiary/aromatic N) is 2. The Morgan fingerprint density at radius 2 is 1.64 bits per heavy atom. The van der Waals surface area contributed by atoms with Crippen LogP contribution in [0.15, 0.2) is 48.5 Å². The number of hydrogen-bond donors (Lipinski definition) is 1. The number of amides is 3. The zero-order valence-corrected chi connectivity index (χ0v) is 17.1. The fourth-order valence-corrected chi connectivity index (χ4v) is 3.47. The fraction of sp³-hybridized carbons (Fsp3) is 0.364. The molecule has 0 radical (unpaired) electrons. The molecule has 1 heterocycles. The third kappa shape index (κ3) is 5.04. The number of halogens is 1. The van der Waals surface area contributed by atoms with Gasteiger partial charge in [-0.2, -0.15) is 0 Å². The summed E-state index contributed by atoms with van der Waals surface area (Å²) in [7, 11) is 0. The van der Waals surface area contributed by atoms with E-state index in [0.29, 0.717) is 42.7 Å². The molecule has 0 unspecified atom stereocenters. The van der Waals surface area contributed by atoms with E-state index in [4.69, 9.17) is 11.6 Å². The lowest BCUT2D eigenvalue weighted by molar-refractivity contribution is 0.0762. The number of benzene rings is 2. The van der Waals surface area contributed by atoms with Gasteiger partial charge in [0.15, 0.2) is 0 Å². The van der Waals surface area contributed by atoms with Crippen molar-refractivity contribution in [2.75, 3.05) is 31.5 Å². The Morgan fingerprint density at radius 3 is 2.32 bits per heavy atom. The first kappa shape index (κ1) is 20.2. The molecule has 2 aromatic rings. The molecule has 3 rings (SSSR count). The minimum Gasteiger partial charge on any atom is -0.337 e. The van der Waals surface area contributed by atoms with Gasteiger partial charge in [-0.15, -0.1) is 0 Å². The largest absolute Gasteiger partial charge is 0.337 e. The van der Waals surface area contributed by atoms with Crippen molar-refractivity contribution in [1.29, 1.82) is 0 Å². The van der Waals surface area contributed by atoms with Crippen LogP contribution in [0.1, 0.15) is 42.1 Å². The maximum Gasteiger partial charge on any atom is 0.321 e. The number of anilines is 1. The molecule has 1 saturated heterocycles.